The van der Waals surface area contributed by atoms with Gasteiger partial charge in [-0.15, -0.1) is 11.3 Å². The molecule has 27 heavy (non-hydrogen) atoms. The number of morpholine rings is 1. The van der Waals surface area contributed by atoms with E-state index in [9.17, 15) is 19.5 Å². The Kier molecular flexibility index (Phi) is 5.11. The molecule has 9 nitrogen and oxygen atoms in total. The fraction of sp³-hybridized carbons (Fsp3) is 0.471. The van der Waals surface area contributed by atoms with Gasteiger partial charge >= 0.3 is 5.97 Å². The van der Waals surface area contributed by atoms with Gasteiger partial charge in [0.15, 0.2) is 6.04 Å². The monoisotopic (exact) mass is 392 g/mol. The molecule has 2 aromatic rings. The number of aryl methyl sites for hydroxylation is 3. The highest BCUT2D eigenvalue weighted by Crippen LogP contribution is 2.30. The van der Waals surface area contributed by atoms with Crippen LogP contribution in [0.3, 0.4) is 0 Å². The summed E-state index contributed by atoms with van der Waals surface area (Å²) in [5.74, 6) is -1.52. The van der Waals surface area contributed by atoms with Crippen LogP contribution in [0.25, 0.3) is 10.6 Å². The van der Waals surface area contributed by atoms with Crippen LogP contribution in [0.2, 0.25) is 0 Å². The van der Waals surface area contributed by atoms with Crippen molar-refractivity contribution in [1.82, 2.24) is 19.7 Å². The summed E-state index contributed by atoms with van der Waals surface area (Å²) in [6.07, 6.45) is 0. The van der Waals surface area contributed by atoms with Gasteiger partial charge in [-0.05, 0) is 26.3 Å². The van der Waals surface area contributed by atoms with Crippen molar-refractivity contribution in [3.63, 3.8) is 0 Å². The van der Waals surface area contributed by atoms with E-state index in [1.807, 2.05) is 0 Å². The maximum Gasteiger partial charge on any atom is 0.328 e. The standard InChI is InChI=1S/C17H20N4O5S/c1-8-9(2)19-20(4)15(22)12(8)14-18-10(3)13(27-14)16(23)21-5-6-26-7-11(21)17(24)25/h11H,5-7H2,1-4H3,(H,24,25)/t11-/m0/s1. The van der Waals surface area contributed by atoms with Crippen LogP contribution in [0.5, 0.6) is 0 Å². The van der Waals surface area contributed by atoms with Crippen molar-refractivity contribution < 1.29 is 19.4 Å². The molecule has 1 saturated heterocycles. The molecular formula is C17H20N4O5S. The van der Waals surface area contributed by atoms with E-state index >= 15 is 0 Å². The second-order valence-electron chi connectivity index (χ2n) is 6.38. The second kappa shape index (κ2) is 7.20. The molecule has 144 valence electrons. The zero-order chi connectivity index (χ0) is 19.9. The molecule has 0 spiro atoms. The molecule has 0 aliphatic carbocycles. The first-order valence-electron chi connectivity index (χ1n) is 8.36. The van der Waals surface area contributed by atoms with Gasteiger partial charge in [-0.1, -0.05) is 0 Å². The SMILES string of the molecule is Cc1nc(-c2c(C)c(C)nn(C)c2=O)sc1C(=O)N1CCOC[C@H]1C(=O)O. The van der Waals surface area contributed by atoms with Gasteiger partial charge < -0.3 is 14.7 Å². The first-order chi connectivity index (χ1) is 12.7. The molecule has 3 rings (SSSR count). The van der Waals surface area contributed by atoms with Crippen molar-refractivity contribution in [3.8, 4) is 10.6 Å². The molecule has 1 atom stereocenters. The molecule has 2 aromatic heterocycles. The summed E-state index contributed by atoms with van der Waals surface area (Å²) < 4.78 is 6.43. The lowest BCUT2D eigenvalue weighted by molar-refractivity contribution is -0.147. The number of hydrogen-bond acceptors (Lipinski definition) is 7. The fourth-order valence-electron chi connectivity index (χ4n) is 2.98. The number of thiazole rings is 1. The number of carboxylic acids is 1. The van der Waals surface area contributed by atoms with E-state index in [1.165, 1.54) is 9.58 Å². The zero-order valence-electron chi connectivity index (χ0n) is 15.5. The van der Waals surface area contributed by atoms with Crippen molar-refractivity contribution in [2.75, 3.05) is 19.8 Å². The number of aliphatic carboxylic acids is 1. The highest BCUT2D eigenvalue weighted by atomic mass is 32.1. The number of carbonyl (C=O) groups is 2. The number of hydrogen-bond donors (Lipinski definition) is 1. The van der Waals surface area contributed by atoms with Crippen molar-refractivity contribution in [1.29, 1.82) is 0 Å². The van der Waals surface area contributed by atoms with Crippen LogP contribution in [0.1, 0.15) is 26.6 Å². The van der Waals surface area contributed by atoms with Gasteiger partial charge in [0.05, 0.1) is 30.2 Å². The molecule has 0 saturated carbocycles. The summed E-state index contributed by atoms with van der Waals surface area (Å²) in [5, 5.41) is 13.9. The zero-order valence-corrected chi connectivity index (χ0v) is 16.3. The Labute approximate surface area is 159 Å². The van der Waals surface area contributed by atoms with Crippen LogP contribution >= 0.6 is 11.3 Å². The molecule has 0 aromatic carbocycles. The Morgan fingerprint density at radius 2 is 1.96 bits per heavy atom. The lowest BCUT2D eigenvalue weighted by Crippen LogP contribution is -2.52. The van der Waals surface area contributed by atoms with E-state index in [0.29, 0.717) is 32.4 Å². The Hall–Kier alpha value is -2.59. The van der Waals surface area contributed by atoms with Crippen molar-refractivity contribution >= 4 is 23.2 Å². The average Bonchev–Trinajstić information content (AvgIpc) is 3.01. The number of nitrogens with zero attached hydrogens (tertiary/aromatic N) is 4. The Morgan fingerprint density at radius 3 is 2.63 bits per heavy atom. The number of amides is 1. The van der Waals surface area contributed by atoms with E-state index < -0.39 is 17.9 Å². The molecule has 0 unspecified atom stereocenters. The van der Waals surface area contributed by atoms with Crippen LogP contribution in [0.15, 0.2) is 4.79 Å². The van der Waals surface area contributed by atoms with Crippen LogP contribution in [0.4, 0.5) is 0 Å². The molecule has 1 N–H and O–H groups in total. The van der Waals surface area contributed by atoms with Crippen LogP contribution in [-0.4, -0.2) is 62.4 Å². The lowest BCUT2D eigenvalue weighted by atomic mass is 10.1. The average molecular weight is 392 g/mol. The number of rotatable bonds is 3. The third-order valence-corrected chi connectivity index (χ3v) is 5.77. The third kappa shape index (κ3) is 3.37. The third-order valence-electron chi connectivity index (χ3n) is 4.60. The van der Waals surface area contributed by atoms with Gasteiger partial charge in [0.1, 0.15) is 9.88 Å². The van der Waals surface area contributed by atoms with Gasteiger partial charge in [0.25, 0.3) is 11.5 Å². The fourth-order valence-corrected chi connectivity index (χ4v) is 4.10. The maximum absolute atomic E-state index is 13.0. The summed E-state index contributed by atoms with van der Waals surface area (Å²) in [5.41, 5.74) is 1.99. The largest absolute Gasteiger partial charge is 0.480 e. The van der Waals surface area contributed by atoms with Gasteiger partial charge in [-0.2, -0.15) is 5.10 Å². The van der Waals surface area contributed by atoms with Crippen molar-refractivity contribution in [2.24, 2.45) is 7.05 Å². The number of aromatic nitrogens is 3. The maximum atomic E-state index is 13.0. The van der Waals surface area contributed by atoms with Gasteiger partial charge in [-0.25, -0.2) is 14.5 Å². The number of carboxylic acid groups (broad SMARTS) is 1. The Morgan fingerprint density at radius 1 is 1.26 bits per heavy atom. The molecule has 1 aliphatic heterocycles. The highest BCUT2D eigenvalue weighted by Gasteiger charge is 2.35. The number of carbonyl (C=O) groups excluding carboxylic acids is 1. The van der Waals surface area contributed by atoms with E-state index in [1.54, 1.807) is 27.8 Å². The van der Waals surface area contributed by atoms with Crippen LogP contribution in [-0.2, 0) is 16.6 Å². The van der Waals surface area contributed by atoms with Crippen molar-refractivity contribution in [2.45, 2.75) is 26.8 Å². The highest BCUT2D eigenvalue weighted by molar-refractivity contribution is 7.17. The minimum atomic E-state index is -1.11. The molecule has 1 aliphatic rings. The Balaban J connectivity index is 2.04. The Bertz CT molecular complexity index is 980. The summed E-state index contributed by atoms with van der Waals surface area (Å²) in [4.78, 5) is 43.0. The minimum absolute atomic E-state index is 0.0466. The topological polar surface area (TPSA) is 115 Å². The molecule has 1 amide bonds. The van der Waals surface area contributed by atoms with E-state index in [0.717, 1.165) is 11.3 Å². The van der Waals surface area contributed by atoms with E-state index in [-0.39, 0.29) is 25.3 Å². The summed E-state index contributed by atoms with van der Waals surface area (Å²) in [6, 6.07) is -1.03. The normalized spacial score (nSPS) is 17.2. The lowest BCUT2D eigenvalue weighted by Gasteiger charge is -2.32. The molecule has 10 heteroatoms. The quantitative estimate of drug-likeness (QED) is 0.820. The smallest absolute Gasteiger partial charge is 0.328 e. The minimum Gasteiger partial charge on any atom is -0.480 e. The van der Waals surface area contributed by atoms with Crippen LogP contribution < -0.4 is 5.56 Å². The van der Waals surface area contributed by atoms with Crippen LogP contribution in [0, 0.1) is 20.8 Å². The first kappa shape index (κ1) is 19.2. The summed E-state index contributed by atoms with van der Waals surface area (Å²) >= 11 is 1.10. The summed E-state index contributed by atoms with van der Waals surface area (Å²) in [6.45, 7) is 5.70. The predicted octanol–water partition coefficient (Wildman–Crippen LogP) is 0.755. The van der Waals surface area contributed by atoms with E-state index in [2.05, 4.69) is 10.1 Å². The second-order valence-corrected chi connectivity index (χ2v) is 7.37. The molecule has 1 fully saturated rings. The van der Waals surface area contributed by atoms with E-state index in [4.69, 9.17) is 4.74 Å². The first-order valence-corrected chi connectivity index (χ1v) is 9.17. The van der Waals surface area contributed by atoms with Crippen molar-refractivity contribution in [3.05, 3.63) is 32.2 Å². The predicted molar refractivity (Wildman–Crippen MR) is 98.1 cm³/mol. The van der Waals surface area contributed by atoms with Gasteiger partial charge in [0, 0.05) is 13.6 Å². The molecule has 0 bridgehead atoms. The van der Waals surface area contributed by atoms with Gasteiger partial charge in [-0.3, -0.25) is 9.59 Å². The molecular weight excluding hydrogens is 372 g/mol. The molecule has 3 heterocycles. The molecule has 0 radical (unpaired) electrons. The number of ether oxygens (including phenoxy) is 1. The van der Waals surface area contributed by atoms with Gasteiger partial charge in [0.2, 0.25) is 0 Å². The summed E-state index contributed by atoms with van der Waals surface area (Å²) in [7, 11) is 1.57.